The molecule has 1 unspecified atom stereocenters. The van der Waals surface area contributed by atoms with Gasteiger partial charge in [0.15, 0.2) is 0 Å². The molecule has 0 bridgehead atoms. The minimum Gasteiger partial charge on any atom is -0.0804 e. The average Bonchev–Trinajstić information content (AvgIpc) is 1.79. The maximum atomic E-state index is 2.41. The molecule has 0 saturated heterocycles. The van der Waals surface area contributed by atoms with Crippen LogP contribution in [0.25, 0.3) is 0 Å². The molecule has 0 N–H and O–H groups in total. The van der Waals surface area contributed by atoms with Gasteiger partial charge in [-0.05, 0) is 43.3 Å². The molecular formula is C12H16. The number of hydrogen-bond acceptors (Lipinski definition) is 0. The lowest BCUT2D eigenvalue weighted by atomic mass is 9.84. The van der Waals surface area contributed by atoms with E-state index in [1.54, 1.807) is 5.57 Å². The van der Waals surface area contributed by atoms with Crippen molar-refractivity contribution in [2.75, 3.05) is 0 Å². The first-order valence-electron chi connectivity index (χ1n) is 4.84. The number of allylic oxidation sites excluding steroid dienone is 6. The zero-order valence-electron chi connectivity index (χ0n) is 7.93. The predicted molar refractivity (Wildman–Crippen MR) is 52.9 cm³/mol. The fourth-order valence-electron chi connectivity index (χ4n) is 2.00. The van der Waals surface area contributed by atoms with Crippen molar-refractivity contribution in [3.8, 4) is 0 Å². The summed E-state index contributed by atoms with van der Waals surface area (Å²) in [6.45, 7) is 4.54. The van der Waals surface area contributed by atoms with Gasteiger partial charge in [-0.3, -0.25) is 0 Å². The summed E-state index contributed by atoms with van der Waals surface area (Å²) in [6.07, 6.45) is 10.9. The molecule has 0 fully saturated rings. The molecule has 0 saturated carbocycles. The van der Waals surface area contributed by atoms with Gasteiger partial charge in [-0.1, -0.05) is 30.7 Å². The van der Waals surface area contributed by atoms with Crippen LogP contribution in [0.15, 0.2) is 34.9 Å². The highest BCUT2D eigenvalue weighted by molar-refractivity contribution is 5.46. The summed E-state index contributed by atoms with van der Waals surface area (Å²) in [4.78, 5) is 0. The van der Waals surface area contributed by atoms with Gasteiger partial charge >= 0.3 is 0 Å². The number of rotatable bonds is 1. The Kier molecular flexibility index (Phi) is 1.92. The highest BCUT2D eigenvalue weighted by Gasteiger charge is 2.14. The molecule has 0 amide bonds. The highest BCUT2D eigenvalue weighted by Crippen LogP contribution is 2.32. The third kappa shape index (κ3) is 1.38. The monoisotopic (exact) mass is 160 g/mol. The van der Waals surface area contributed by atoms with E-state index in [-0.39, 0.29) is 0 Å². The van der Waals surface area contributed by atoms with Crippen LogP contribution in [0.5, 0.6) is 0 Å². The van der Waals surface area contributed by atoms with Gasteiger partial charge < -0.3 is 0 Å². The standard InChI is InChI=1S/C12H16/c1-9-6-10(2)8-12(7-9)11-4-3-5-11/h4,7-9H,3,5-6H2,1-2H3. The third-order valence-electron chi connectivity index (χ3n) is 2.69. The van der Waals surface area contributed by atoms with Gasteiger partial charge in [0, 0.05) is 0 Å². The summed E-state index contributed by atoms with van der Waals surface area (Å²) in [7, 11) is 0. The molecule has 0 heterocycles. The van der Waals surface area contributed by atoms with Gasteiger partial charge in [0.25, 0.3) is 0 Å². The molecular weight excluding hydrogens is 144 g/mol. The second-order valence-corrected chi connectivity index (χ2v) is 4.06. The van der Waals surface area contributed by atoms with Crippen molar-refractivity contribution in [2.24, 2.45) is 5.92 Å². The quantitative estimate of drug-likeness (QED) is 0.549. The largest absolute Gasteiger partial charge is 0.0804 e. The van der Waals surface area contributed by atoms with Crippen LogP contribution in [0.3, 0.4) is 0 Å². The molecule has 0 aromatic rings. The molecule has 0 aliphatic heterocycles. The average molecular weight is 160 g/mol. The summed E-state index contributed by atoms with van der Waals surface area (Å²) < 4.78 is 0. The molecule has 2 aliphatic rings. The van der Waals surface area contributed by atoms with E-state index >= 15 is 0 Å². The smallest absolute Gasteiger partial charge is 0.0216 e. The van der Waals surface area contributed by atoms with E-state index < -0.39 is 0 Å². The van der Waals surface area contributed by atoms with E-state index in [0.717, 1.165) is 5.92 Å². The lowest BCUT2D eigenvalue weighted by molar-refractivity contribution is 0.696. The zero-order chi connectivity index (χ0) is 8.55. The van der Waals surface area contributed by atoms with Crippen molar-refractivity contribution >= 4 is 0 Å². The molecule has 0 radical (unpaired) electrons. The van der Waals surface area contributed by atoms with Crippen molar-refractivity contribution in [2.45, 2.75) is 33.1 Å². The Labute approximate surface area is 74.7 Å². The highest BCUT2D eigenvalue weighted by atomic mass is 14.2. The normalized spacial score (nSPS) is 28.5. The first-order valence-corrected chi connectivity index (χ1v) is 4.84. The van der Waals surface area contributed by atoms with E-state index in [9.17, 15) is 0 Å². The third-order valence-corrected chi connectivity index (χ3v) is 2.69. The molecule has 1 atom stereocenters. The van der Waals surface area contributed by atoms with Gasteiger partial charge in [-0.25, -0.2) is 0 Å². The second-order valence-electron chi connectivity index (χ2n) is 4.06. The maximum Gasteiger partial charge on any atom is -0.0216 e. The molecule has 0 heteroatoms. The summed E-state index contributed by atoms with van der Waals surface area (Å²) >= 11 is 0. The number of hydrogen-bond donors (Lipinski definition) is 0. The van der Waals surface area contributed by atoms with E-state index in [1.807, 2.05) is 0 Å². The Hall–Kier alpha value is -0.780. The van der Waals surface area contributed by atoms with Crippen LogP contribution in [0.2, 0.25) is 0 Å². The molecule has 2 aliphatic carbocycles. The second kappa shape index (κ2) is 2.93. The van der Waals surface area contributed by atoms with Gasteiger partial charge in [0.1, 0.15) is 0 Å². The van der Waals surface area contributed by atoms with Crippen LogP contribution >= 0.6 is 0 Å². The lowest BCUT2D eigenvalue weighted by Gasteiger charge is -2.22. The van der Waals surface area contributed by atoms with Gasteiger partial charge in [-0.2, -0.15) is 0 Å². The maximum absolute atomic E-state index is 2.41. The fraction of sp³-hybridized carbons (Fsp3) is 0.500. The Morgan fingerprint density at radius 1 is 1.42 bits per heavy atom. The van der Waals surface area contributed by atoms with Crippen molar-refractivity contribution in [1.29, 1.82) is 0 Å². The van der Waals surface area contributed by atoms with Crippen LogP contribution in [-0.4, -0.2) is 0 Å². The Morgan fingerprint density at radius 3 is 2.67 bits per heavy atom. The van der Waals surface area contributed by atoms with Crippen molar-refractivity contribution in [1.82, 2.24) is 0 Å². The van der Waals surface area contributed by atoms with E-state index in [0.29, 0.717) is 0 Å². The lowest BCUT2D eigenvalue weighted by Crippen LogP contribution is -2.04. The topological polar surface area (TPSA) is 0 Å². The first-order chi connectivity index (χ1) is 5.75. The van der Waals surface area contributed by atoms with E-state index in [1.165, 1.54) is 30.4 Å². The van der Waals surface area contributed by atoms with Crippen LogP contribution in [0.1, 0.15) is 33.1 Å². The Bertz CT molecular complexity index is 276. The van der Waals surface area contributed by atoms with Crippen molar-refractivity contribution in [3.63, 3.8) is 0 Å². The summed E-state index contributed by atoms with van der Waals surface area (Å²) in [6, 6.07) is 0. The first kappa shape index (κ1) is 7.85. The predicted octanol–water partition coefficient (Wildman–Crippen LogP) is 3.62. The minimum absolute atomic E-state index is 0.742. The van der Waals surface area contributed by atoms with Crippen LogP contribution in [0.4, 0.5) is 0 Å². The van der Waals surface area contributed by atoms with Crippen LogP contribution < -0.4 is 0 Å². The molecule has 64 valence electrons. The van der Waals surface area contributed by atoms with Gasteiger partial charge in [-0.15, -0.1) is 0 Å². The zero-order valence-corrected chi connectivity index (χ0v) is 7.93. The molecule has 0 nitrogen and oxygen atoms in total. The summed E-state index contributed by atoms with van der Waals surface area (Å²) in [5, 5.41) is 0. The van der Waals surface area contributed by atoms with Crippen molar-refractivity contribution < 1.29 is 0 Å². The minimum atomic E-state index is 0.742. The molecule has 0 spiro atoms. The van der Waals surface area contributed by atoms with Gasteiger partial charge in [0.05, 0.1) is 0 Å². The van der Waals surface area contributed by atoms with Crippen molar-refractivity contribution in [3.05, 3.63) is 34.9 Å². The van der Waals surface area contributed by atoms with Crippen LogP contribution in [-0.2, 0) is 0 Å². The summed E-state index contributed by atoms with van der Waals surface area (Å²) in [5.74, 6) is 0.742. The molecule has 0 aromatic heterocycles. The fourth-order valence-corrected chi connectivity index (χ4v) is 2.00. The van der Waals surface area contributed by atoms with Gasteiger partial charge in [0.2, 0.25) is 0 Å². The molecule has 12 heavy (non-hydrogen) atoms. The SMILES string of the molecule is CC1=CC(C2=CCC2)=CC(C)C1. The Morgan fingerprint density at radius 2 is 2.17 bits per heavy atom. The molecule has 0 aromatic carbocycles. The Balaban J connectivity index is 2.23. The van der Waals surface area contributed by atoms with E-state index in [2.05, 4.69) is 32.1 Å². The van der Waals surface area contributed by atoms with E-state index in [4.69, 9.17) is 0 Å². The summed E-state index contributed by atoms with van der Waals surface area (Å²) in [5.41, 5.74) is 4.60. The van der Waals surface area contributed by atoms with Crippen LogP contribution in [0, 0.1) is 5.92 Å². The molecule has 2 rings (SSSR count).